The topological polar surface area (TPSA) is 39.1 Å². The van der Waals surface area contributed by atoms with Gasteiger partial charge in [0.1, 0.15) is 5.84 Å². The lowest BCUT2D eigenvalue weighted by Gasteiger charge is -2.29. The molecule has 0 spiro atoms. The Bertz CT molecular complexity index is 302. The summed E-state index contributed by atoms with van der Waals surface area (Å²) in [5.74, 6) is 0.645. The van der Waals surface area contributed by atoms with Crippen LogP contribution in [0.25, 0.3) is 0 Å². The lowest BCUT2D eigenvalue weighted by Crippen LogP contribution is -2.46. The molecule has 0 amide bonds. The van der Waals surface area contributed by atoms with Gasteiger partial charge in [-0.05, 0) is 0 Å². The molecule has 1 aromatic rings. The van der Waals surface area contributed by atoms with Crippen molar-refractivity contribution in [2.45, 2.75) is 0 Å². The average molecular weight is 189 g/mol. The number of benzene rings is 1. The summed E-state index contributed by atoms with van der Waals surface area (Å²) in [4.78, 5) is 2.12. The van der Waals surface area contributed by atoms with Crippen LogP contribution in [0, 0.1) is 5.41 Å². The van der Waals surface area contributed by atoms with E-state index in [1.54, 1.807) is 0 Å². The monoisotopic (exact) mass is 189 g/mol. The first-order valence-electron chi connectivity index (χ1n) is 4.97. The van der Waals surface area contributed by atoms with Gasteiger partial charge in [0.05, 0.1) is 0 Å². The van der Waals surface area contributed by atoms with Gasteiger partial charge in [-0.3, -0.25) is 5.41 Å². The minimum Gasteiger partial charge on any atom is -0.354 e. The molecule has 2 N–H and O–H groups in total. The fraction of sp³-hybridized carbons (Fsp3) is 0.364. The number of nitrogens with zero attached hydrogens (tertiary/aromatic N) is 1. The molecule has 0 aliphatic carbocycles. The Labute approximate surface area is 84.2 Å². The van der Waals surface area contributed by atoms with Gasteiger partial charge < -0.3 is 10.2 Å². The number of rotatable bonds is 1. The van der Waals surface area contributed by atoms with Gasteiger partial charge in [0.2, 0.25) is 0 Å². The quantitative estimate of drug-likeness (QED) is 0.509. The number of piperazine rings is 1. The first-order chi connectivity index (χ1) is 6.88. The van der Waals surface area contributed by atoms with E-state index < -0.39 is 0 Å². The lowest BCUT2D eigenvalue weighted by molar-refractivity contribution is 0.356. The lowest BCUT2D eigenvalue weighted by atomic mass is 10.2. The molecule has 1 aliphatic rings. The number of hydrogen-bond donors (Lipinski definition) is 2. The minimum absolute atomic E-state index is 0.645. The van der Waals surface area contributed by atoms with E-state index in [9.17, 15) is 0 Å². The van der Waals surface area contributed by atoms with Crippen molar-refractivity contribution in [2.75, 3.05) is 26.2 Å². The Balaban J connectivity index is 2.07. The van der Waals surface area contributed by atoms with Gasteiger partial charge in [0.25, 0.3) is 0 Å². The van der Waals surface area contributed by atoms with Crippen molar-refractivity contribution in [3.05, 3.63) is 35.9 Å². The third kappa shape index (κ3) is 1.93. The second kappa shape index (κ2) is 4.24. The van der Waals surface area contributed by atoms with E-state index in [1.807, 2.05) is 30.3 Å². The first-order valence-corrected chi connectivity index (χ1v) is 4.97. The maximum Gasteiger partial charge on any atom is 0.128 e. The van der Waals surface area contributed by atoms with Crippen molar-refractivity contribution in [3.8, 4) is 0 Å². The fourth-order valence-corrected chi connectivity index (χ4v) is 1.67. The summed E-state index contributed by atoms with van der Waals surface area (Å²) in [5.41, 5.74) is 1.01. The zero-order chi connectivity index (χ0) is 9.80. The van der Waals surface area contributed by atoms with Gasteiger partial charge >= 0.3 is 0 Å². The first kappa shape index (κ1) is 9.21. The number of amidine groups is 1. The smallest absolute Gasteiger partial charge is 0.128 e. The van der Waals surface area contributed by atoms with Crippen LogP contribution in [0.1, 0.15) is 5.56 Å². The van der Waals surface area contributed by atoms with Crippen molar-refractivity contribution in [3.63, 3.8) is 0 Å². The van der Waals surface area contributed by atoms with Crippen molar-refractivity contribution in [2.24, 2.45) is 0 Å². The molecule has 14 heavy (non-hydrogen) atoms. The van der Waals surface area contributed by atoms with Crippen molar-refractivity contribution in [1.29, 1.82) is 5.41 Å². The van der Waals surface area contributed by atoms with E-state index in [4.69, 9.17) is 5.41 Å². The molecule has 0 aromatic heterocycles. The maximum absolute atomic E-state index is 8.02. The summed E-state index contributed by atoms with van der Waals surface area (Å²) in [6.07, 6.45) is 0. The van der Waals surface area contributed by atoms with E-state index in [0.717, 1.165) is 31.7 Å². The molecular formula is C11H15N3. The van der Waals surface area contributed by atoms with Gasteiger partial charge in [-0.1, -0.05) is 30.3 Å². The predicted octanol–water partition coefficient (Wildman–Crippen LogP) is 0.917. The molecule has 3 heteroatoms. The molecule has 0 saturated carbocycles. The SMILES string of the molecule is N=C(c1ccccc1)N1CCNCC1. The molecule has 1 heterocycles. The maximum atomic E-state index is 8.02. The molecule has 2 rings (SSSR count). The van der Waals surface area contributed by atoms with Crippen LogP contribution in [0.3, 0.4) is 0 Å². The predicted molar refractivity (Wildman–Crippen MR) is 57.7 cm³/mol. The van der Waals surface area contributed by atoms with Gasteiger partial charge in [-0.15, -0.1) is 0 Å². The molecule has 3 nitrogen and oxygen atoms in total. The molecule has 0 atom stereocenters. The van der Waals surface area contributed by atoms with Crippen LogP contribution < -0.4 is 5.32 Å². The van der Waals surface area contributed by atoms with Crippen LogP contribution in [0.5, 0.6) is 0 Å². The van der Waals surface area contributed by atoms with Gasteiger partial charge in [-0.25, -0.2) is 0 Å². The Hall–Kier alpha value is -1.35. The van der Waals surface area contributed by atoms with Gasteiger partial charge in [0, 0.05) is 31.7 Å². The third-order valence-electron chi connectivity index (χ3n) is 2.48. The van der Waals surface area contributed by atoms with Crippen molar-refractivity contribution < 1.29 is 0 Å². The molecule has 1 fully saturated rings. The average Bonchev–Trinajstić information content (AvgIpc) is 2.30. The van der Waals surface area contributed by atoms with E-state index in [2.05, 4.69) is 10.2 Å². The van der Waals surface area contributed by atoms with Crippen LogP contribution in [-0.4, -0.2) is 36.9 Å². The van der Waals surface area contributed by atoms with Gasteiger partial charge in [0.15, 0.2) is 0 Å². The van der Waals surface area contributed by atoms with Crippen molar-refractivity contribution in [1.82, 2.24) is 10.2 Å². The van der Waals surface area contributed by atoms with Crippen LogP contribution in [0.4, 0.5) is 0 Å². The van der Waals surface area contributed by atoms with Crippen LogP contribution in [0.2, 0.25) is 0 Å². The fourth-order valence-electron chi connectivity index (χ4n) is 1.67. The van der Waals surface area contributed by atoms with E-state index in [-0.39, 0.29) is 0 Å². The minimum atomic E-state index is 0.645. The highest BCUT2D eigenvalue weighted by Crippen LogP contribution is 2.04. The highest BCUT2D eigenvalue weighted by molar-refractivity contribution is 5.96. The molecule has 74 valence electrons. The standard InChI is InChI=1S/C11H15N3/c12-11(10-4-2-1-3-5-10)14-8-6-13-7-9-14/h1-5,12-13H,6-9H2. The Morgan fingerprint density at radius 3 is 2.43 bits per heavy atom. The van der Waals surface area contributed by atoms with E-state index >= 15 is 0 Å². The summed E-state index contributed by atoms with van der Waals surface area (Å²) in [7, 11) is 0. The summed E-state index contributed by atoms with van der Waals surface area (Å²) in [6, 6.07) is 9.92. The van der Waals surface area contributed by atoms with Crippen LogP contribution >= 0.6 is 0 Å². The normalized spacial score (nSPS) is 16.7. The van der Waals surface area contributed by atoms with Crippen LogP contribution in [0.15, 0.2) is 30.3 Å². The second-order valence-electron chi connectivity index (χ2n) is 3.45. The molecular weight excluding hydrogens is 174 g/mol. The zero-order valence-corrected chi connectivity index (χ0v) is 8.16. The molecule has 0 unspecified atom stereocenters. The molecule has 1 aromatic carbocycles. The zero-order valence-electron chi connectivity index (χ0n) is 8.16. The molecule has 1 aliphatic heterocycles. The Kier molecular flexibility index (Phi) is 2.79. The second-order valence-corrected chi connectivity index (χ2v) is 3.45. The summed E-state index contributed by atoms with van der Waals surface area (Å²) in [5, 5.41) is 11.3. The Morgan fingerprint density at radius 1 is 1.14 bits per heavy atom. The third-order valence-corrected chi connectivity index (χ3v) is 2.48. The number of hydrogen-bond acceptors (Lipinski definition) is 2. The highest BCUT2D eigenvalue weighted by atomic mass is 15.2. The highest BCUT2D eigenvalue weighted by Gasteiger charge is 2.13. The van der Waals surface area contributed by atoms with Crippen molar-refractivity contribution >= 4 is 5.84 Å². The molecule has 0 radical (unpaired) electrons. The molecule has 0 bridgehead atoms. The largest absolute Gasteiger partial charge is 0.354 e. The van der Waals surface area contributed by atoms with E-state index in [0.29, 0.717) is 5.84 Å². The molecule has 1 saturated heterocycles. The summed E-state index contributed by atoms with van der Waals surface area (Å²) < 4.78 is 0. The number of nitrogens with one attached hydrogen (secondary N) is 2. The van der Waals surface area contributed by atoms with E-state index in [1.165, 1.54) is 0 Å². The van der Waals surface area contributed by atoms with Crippen LogP contribution in [-0.2, 0) is 0 Å². The van der Waals surface area contributed by atoms with Gasteiger partial charge in [-0.2, -0.15) is 0 Å². The Morgan fingerprint density at radius 2 is 1.79 bits per heavy atom. The summed E-state index contributed by atoms with van der Waals surface area (Å²) >= 11 is 0. The summed E-state index contributed by atoms with van der Waals surface area (Å²) in [6.45, 7) is 3.84.